The average molecular weight is 331 g/mol. The van der Waals surface area contributed by atoms with Crippen LogP contribution >= 0.6 is 0 Å². The lowest BCUT2D eigenvalue weighted by Crippen LogP contribution is -2.21. The molecule has 24 heavy (non-hydrogen) atoms. The summed E-state index contributed by atoms with van der Waals surface area (Å²) in [5.41, 5.74) is 0.611. The number of H-pyrrole nitrogens is 1. The molecule has 2 aromatic heterocycles. The summed E-state index contributed by atoms with van der Waals surface area (Å²) in [7, 11) is 0. The zero-order valence-electron chi connectivity index (χ0n) is 13.2. The third-order valence-corrected chi connectivity index (χ3v) is 4.52. The number of aryl methyl sites for hydroxylation is 1. The minimum atomic E-state index is -0.442. The number of nitrogens with one attached hydrogen (secondary N) is 2. The van der Waals surface area contributed by atoms with E-state index in [1.165, 1.54) is 6.07 Å². The second-order valence-corrected chi connectivity index (χ2v) is 6.26. The standard InChI is InChI=1S/C16H18FN5O2/c1-8-19-15(22-21-8)9-5-10(12(23)6-9)7-18-16-20-14-11(17)3-2-4-13(14)24-16/h2-4,9-10,12,23H,5-7H2,1H3,(H,18,20)(H,19,21,22)/t9-,10+,12+/m0/s1. The van der Waals surface area contributed by atoms with Crippen LogP contribution in [0.15, 0.2) is 22.6 Å². The molecule has 0 saturated heterocycles. The van der Waals surface area contributed by atoms with Crippen molar-refractivity contribution >= 4 is 17.1 Å². The summed E-state index contributed by atoms with van der Waals surface area (Å²) in [6, 6.07) is 4.86. The molecular formula is C16H18FN5O2. The average Bonchev–Trinajstić information content (AvgIpc) is 3.24. The van der Waals surface area contributed by atoms with Crippen molar-refractivity contribution in [1.82, 2.24) is 20.2 Å². The van der Waals surface area contributed by atoms with Gasteiger partial charge in [0.25, 0.3) is 6.01 Å². The number of benzene rings is 1. The number of oxazole rings is 1. The number of hydrogen-bond donors (Lipinski definition) is 3. The van der Waals surface area contributed by atoms with Crippen molar-refractivity contribution in [3.8, 4) is 0 Å². The lowest BCUT2D eigenvalue weighted by atomic mass is 10.0. The summed E-state index contributed by atoms with van der Waals surface area (Å²) in [6.45, 7) is 2.35. The molecule has 4 rings (SSSR count). The molecule has 1 aromatic carbocycles. The van der Waals surface area contributed by atoms with Crippen LogP contribution in [0.4, 0.5) is 10.4 Å². The van der Waals surface area contributed by atoms with E-state index in [4.69, 9.17) is 4.42 Å². The van der Waals surface area contributed by atoms with Gasteiger partial charge in [-0.2, -0.15) is 10.1 Å². The van der Waals surface area contributed by atoms with Crippen LogP contribution < -0.4 is 5.32 Å². The zero-order valence-corrected chi connectivity index (χ0v) is 13.2. The Morgan fingerprint density at radius 2 is 2.25 bits per heavy atom. The van der Waals surface area contributed by atoms with E-state index >= 15 is 0 Å². The van der Waals surface area contributed by atoms with Gasteiger partial charge in [0.2, 0.25) is 0 Å². The van der Waals surface area contributed by atoms with Gasteiger partial charge in [0.15, 0.2) is 17.2 Å². The van der Waals surface area contributed by atoms with Gasteiger partial charge in [-0.25, -0.2) is 9.37 Å². The van der Waals surface area contributed by atoms with E-state index in [2.05, 4.69) is 25.5 Å². The van der Waals surface area contributed by atoms with Crippen molar-refractivity contribution in [2.24, 2.45) is 5.92 Å². The van der Waals surface area contributed by atoms with E-state index in [0.717, 1.165) is 18.1 Å². The number of rotatable bonds is 4. The summed E-state index contributed by atoms with van der Waals surface area (Å²) >= 11 is 0. The second kappa shape index (κ2) is 5.86. The first-order valence-corrected chi connectivity index (χ1v) is 7.96. The first-order valence-electron chi connectivity index (χ1n) is 7.96. The predicted octanol–water partition coefficient (Wildman–Crippen LogP) is 2.36. The highest BCUT2D eigenvalue weighted by atomic mass is 19.1. The third-order valence-electron chi connectivity index (χ3n) is 4.52. The molecule has 0 radical (unpaired) electrons. The monoisotopic (exact) mass is 331 g/mol. The van der Waals surface area contributed by atoms with Crippen LogP contribution in [0.2, 0.25) is 0 Å². The van der Waals surface area contributed by atoms with Crippen LogP contribution in [0.25, 0.3) is 11.1 Å². The molecule has 126 valence electrons. The minimum absolute atomic E-state index is 0.0358. The quantitative estimate of drug-likeness (QED) is 0.679. The molecule has 0 spiro atoms. The molecule has 7 nitrogen and oxygen atoms in total. The number of anilines is 1. The lowest BCUT2D eigenvalue weighted by Gasteiger charge is -2.13. The number of hydrogen-bond acceptors (Lipinski definition) is 6. The van der Waals surface area contributed by atoms with E-state index in [9.17, 15) is 9.50 Å². The van der Waals surface area contributed by atoms with Crippen molar-refractivity contribution < 1.29 is 13.9 Å². The number of para-hydroxylation sites is 1. The normalized spacial score (nSPS) is 23.9. The molecule has 0 amide bonds. The van der Waals surface area contributed by atoms with Crippen LogP contribution in [-0.2, 0) is 0 Å². The van der Waals surface area contributed by atoms with E-state index < -0.39 is 11.9 Å². The number of aliphatic hydroxyl groups excluding tert-OH is 1. The summed E-state index contributed by atoms with van der Waals surface area (Å²) < 4.78 is 19.1. The Bertz CT molecular complexity index is 861. The van der Waals surface area contributed by atoms with Gasteiger partial charge in [0.05, 0.1) is 6.10 Å². The maximum atomic E-state index is 13.6. The van der Waals surface area contributed by atoms with Gasteiger partial charge in [0.1, 0.15) is 11.3 Å². The first kappa shape index (κ1) is 15.1. The molecule has 3 aromatic rings. The Labute approximate surface area is 137 Å². The van der Waals surface area contributed by atoms with E-state index in [1.54, 1.807) is 12.1 Å². The number of aromatic amines is 1. The Hall–Kier alpha value is -2.48. The first-order chi connectivity index (χ1) is 11.6. The van der Waals surface area contributed by atoms with E-state index in [0.29, 0.717) is 18.5 Å². The Morgan fingerprint density at radius 1 is 1.38 bits per heavy atom. The fourth-order valence-corrected chi connectivity index (χ4v) is 3.28. The summed E-state index contributed by atoms with van der Waals surface area (Å²) in [5, 5.41) is 20.3. The Balaban J connectivity index is 1.42. The van der Waals surface area contributed by atoms with Gasteiger partial charge in [-0.3, -0.25) is 5.10 Å². The fraction of sp³-hybridized carbons (Fsp3) is 0.438. The highest BCUT2D eigenvalue weighted by Crippen LogP contribution is 2.37. The van der Waals surface area contributed by atoms with E-state index in [-0.39, 0.29) is 23.4 Å². The molecule has 1 saturated carbocycles. The lowest BCUT2D eigenvalue weighted by molar-refractivity contribution is 0.137. The van der Waals surface area contributed by atoms with E-state index in [1.807, 2.05) is 6.92 Å². The van der Waals surface area contributed by atoms with Crippen molar-refractivity contribution in [3.63, 3.8) is 0 Å². The van der Waals surface area contributed by atoms with Crippen LogP contribution in [0.1, 0.15) is 30.4 Å². The van der Waals surface area contributed by atoms with Crippen molar-refractivity contribution in [2.75, 3.05) is 11.9 Å². The number of halogens is 1. The predicted molar refractivity (Wildman–Crippen MR) is 85.0 cm³/mol. The maximum absolute atomic E-state index is 13.6. The van der Waals surface area contributed by atoms with Gasteiger partial charge >= 0.3 is 0 Å². The van der Waals surface area contributed by atoms with Gasteiger partial charge in [-0.1, -0.05) is 6.07 Å². The number of aromatic nitrogens is 4. The number of fused-ring (bicyclic) bond motifs is 1. The highest BCUT2D eigenvalue weighted by molar-refractivity contribution is 5.74. The number of nitrogens with zero attached hydrogens (tertiary/aromatic N) is 3. The van der Waals surface area contributed by atoms with Gasteiger partial charge in [-0.05, 0) is 31.9 Å². The molecular weight excluding hydrogens is 313 g/mol. The molecule has 0 bridgehead atoms. The SMILES string of the molecule is Cc1nc([C@H]2C[C@H](CNc3nc4c(F)cccc4o3)[C@H](O)C2)n[nH]1. The van der Waals surface area contributed by atoms with Crippen molar-refractivity contribution in [3.05, 3.63) is 35.7 Å². The Kier molecular flexibility index (Phi) is 3.68. The van der Waals surface area contributed by atoms with Crippen LogP contribution in [-0.4, -0.2) is 37.9 Å². The smallest absolute Gasteiger partial charge is 0.295 e. The number of aliphatic hydroxyl groups is 1. The summed E-state index contributed by atoms with van der Waals surface area (Å²) in [4.78, 5) is 8.46. The van der Waals surface area contributed by atoms with Crippen molar-refractivity contribution in [1.29, 1.82) is 0 Å². The third kappa shape index (κ3) is 2.73. The molecule has 3 atom stereocenters. The molecule has 0 unspecified atom stereocenters. The summed E-state index contributed by atoms with van der Waals surface area (Å²) in [6.07, 6.45) is 0.966. The molecule has 2 heterocycles. The maximum Gasteiger partial charge on any atom is 0.295 e. The summed E-state index contributed by atoms with van der Waals surface area (Å²) in [5.74, 6) is 1.28. The molecule has 8 heteroatoms. The van der Waals surface area contributed by atoms with Crippen LogP contribution in [0, 0.1) is 18.7 Å². The zero-order chi connectivity index (χ0) is 16.7. The van der Waals surface area contributed by atoms with Crippen LogP contribution in [0.3, 0.4) is 0 Å². The highest BCUT2D eigenvalue weighted by Gasteiger charge is 2.35. The molecule has 1 aliphatic rings. The van der Waals surface area contributed by atoms with Gasteiger partial charge in [-0.15, -0.1) is 0 Å². The molecule has 3 N–H and O–H groups in total. The Morgan fingerprint density at radius 3 is 3.00 bits per heavy atom. The second-order valence-electron chi connectivity index (χ2n) is 6.26. The molecule has 1 aliphatic carbocycles. The van der Waals surface area contributed by atoms with Crippen molar-refractivity contribution in [2.45, 2.75) is 31.8 Å². The minimum Gasteiger partial charge on any atom is -0.423 e. The molecule has 1 fully saturated rings. The van der Waals surface area contributed by atoms with Crippen LogP contribution in [0.5, 0.6) is 0 Å². The largest absolute Gasteiger partial charge is 0.423 e. The fourth-order valence-electron chi connectivity index (χ4n) is 3.28. The topological polar surface area (TPSA) is 99.9 Å². The molecule has 0 aliphatic heterocycles. The van der Waals surface area contributed by atoms with Gasteiger partial charge in [0, 0.05) is 18.4 Å². The van der Waals surface area contributed by atoms with Gasteiger partial charge < -0.3 is 14.8 Å².